The third kappa shape index (κ3) is 8.31. The van der Waals surface area contributed by atoms with Crippen LogP contribution in [0.3, 0.4) is 0 Å². The maximum absolute atomic E-state index is 15.6. The fourth-order valence-electron chi connectivity index (χ4n) is 6.39. The summed E-state index contributed by atoms with van der Waals surface area (Å²) in [6, 6.07) is 10.7. The van der Waals surface area contributed by atoms with Crippen LogP contribution in [0.4, 0.5) is 14.6 Å². The van der Waals surface area contributed by atoms with E-state index in [0.29, 0.717) is 72.9 Å². The quantitative estimate of drug-likeness (QED) is 0.101. The minimum absolute atomic E-state index is 0.0174. The predicted molar refractivity (Wildman–Crippen MR) is 195 cm³/mol. The molecular weight excluding hydrogens is 654 g/mol. The fourth-order valence-corrected chi connectivity index (χ4v) is 6.39. The van der Waals surface area contributed by atoms with Gasteiger partial charge in [0.25, 0.3) is 0 Å². The van der Waals surface area contributed by atoms with Gasteiger partial charge in [0.15, 0.2) is 11.8 Å². The molecule has 3 heterocycles. The summed E-state index contributed by atoms with van der Waals surface area (Å²) >= 11 is 0. The molecule has 4 aromatic rings. The van der Waals surface area contributed by atoms with E-state index in [0.717, 1.165) is 0 Å². The van der Waals surface area contributed by atoms with E-state index in [1.165, 1.54) is 25.3 Å². The van der Waals surface area contributed by atoms with Crippen LogP contribution in [0.15, 0.2) is 67.8 Å². The van der Waals surface area contributed by atoms with Gasteiger partial charge >= 0.3 is 5.97 Å². The number of esters is 1. The maximum atomic E-state index is 15.6. The normalized spacial score (nSPS) is 15.7. The molecule has 0 spiro atoms. The summed E-state index contributed by atoms with van der Waals surface area (Å²) < 4.78 is 56.5. The summed E-state index contributed by atoms with van der Waals surface area (Å²) in [5.74, 6) is -0.928. The molecule has 2 aromatic carbocycles. The topological polar surface area (TPSA) is 87.4 Å². The zero-order chi connectivity index (χ0) is 37.1. The van der Waals surface area contributed by atoms with E-state index in [1.807, 2.05) is 34.6 Å². The first-order chi connectivity index (χ1) is 24.2. The van der Waals surface area contributed by atoms with Crippen LogP contribution in [0.5, 0.6) is 5.75 Å². The predicted octanol–water partition coefficient (Wildman–Crippen LogP) is 8.58. The van der Waals surface area contributed by atoms with Crippen molar-refractivity contribution >= 4 is 17.4 Å². The fraction of sp³-hybridized carbons (Fsp3) is 0.425. The molecule has 0 radical (unpaired) electrons. The third-order valence-electron chi connectivity index (χ3n) is 8.96. The lowest BCUT2D eigenvalue weighted by Crippen LogP contribution is -2.45. The Balaban J connectivity index is 1.67. The number of nitrogens with zero attached hydrogens (tertiary/aromatic N) is 4. The number of carbonyl (C=O) groups excluding carboxylic acids is 1. The van der Waals surface area contributed by atoms with Gasteiger partial charge in [-0.1, -0.05) is 18.2 Å². The van der Waals surface area contributed by atoms with Crippen molar-refractivity contribution in [3.8, 4) is 28.1 Å². The Morgan fingerprint density at radius 2 is 1.80 bits per heavy atom. The van der Waals surface area contributed by atoms with Gasteiger partial charge in [0.1, 0.15) is 23.2 Å². The average Bonchev–Trinajstić information content (AvgIpc) is 3.50. The van der Waals surface area contributed by atoms with E-state index in [1.54, 1.807) is 40.9 Å². The van der Waals surface area contributed by atoms with Gasteiger partial charge in [0.05, 0.1) is 47.8 Å². The Bertz CT molecular complexity index is 1910. The minimum atomic E-state index is -1.10. The van der Waals surface area contributed by atoms with Crippen molar-refractivity contribution in [1.29, 1.82) is 0 Å². The highest BCUT2D eigenvalue weighted by molar-refractivity contribution is 5.81. The van der Waals surface area contributed by atoms with Crippen molar-refractivity contribution in [2.75, 3.05) is 31.7 Å². The van der Waals surface area contributed by atoms with E-state index in [2.05, 4.69) is 25.0 Å². The first kappa shape index (κ1) is 37.6. The van der Waals surface area contributed by atoms with Crippen LogP contribution in [-0.4, -0.2) is 64.7 Å². The number of aryl methyl sites for hydroxylation is 1. The van der Waals surface area contributed by atoms with Gasteiger partial charge in [-0.25, -0.2) is 18.6 Å². The van der Waals surface area contributed by atoms with Gasteiger partial charge in [-0.3, -0.25) is 0 Å². The number of methoxy groups -OCH3 is 1. The van der Waals surface area contributed by atoms with E-state index in [-0.39, 0.29) is 28.6 Å². The number of benzene rings is 2. The maximum Gasteiger partial charge on any atom is 0.339 e. The van der Waals surface area contributed by atoms with Crippen LogP contribution in [0, 0.1) is 18.6 Å². The second-order valence-corrected chi connectivity index (χ2v) is 14.2. The summed E-state index contributed by atoms with van der Waals surface area (Å²) in [4.78, 5) is 20.4. The smallest absolute Gasteiger partial charge is 0.339 e. The van der Waals surface area contributed by atoms with E-state index < -0.39 is 29.3 Å². The summed E-state index contributed by atoms with van der Waals surface area (Å²) in [5, 5.41) is 4.99. The number of ether oxygens (including phenoxy) is 4. The molecule has 1 unspecified atom stereocenters. The monoisotopic (exact) mass is 702 g/mol. The van der Waals surface area contributed by atoms with Crippen molar-refractivity contribution in [3.05, 3.63) is 90.7 Å². The number of fused-ring (bicyclic) bond motifs is 1. The van der Waals surface area contributed by atoms with Gasteiger partial charge < -0.3 is 23.8 Å². The molecular formula is C40H48F2N4O5. The number of piperidine rings is 1. The molecule has 5 rings (SSSR count). The SMILES string of the molecule is C=CCOC1(C)CCN(c2c([C@H](OC(C)(C)C)C(=O)OC)c(C)nc3cc(-c4ccc(F)c(-c5c(F)cccc5OC(C)CC=C)c4)nn23)CC1. The molecule has 1 aliphatic heterocycles. The van der Waals surface area contributed by atoms with Crippen molar-refractivity contribution in [2.24, 2.45) is 0 Å². The van der Waals surface area contributed by atoms with Crippen LogP contribution >= 0.6 is 0 Å². The summed E-state index contributed by atoms with van der Waals surface area (Å²) in [6.07, 6.45) is 4.01. The van der Waals surface area contributed by atoms with Gasteiger partial charge in [0.2, 0.25) is 0 Å². The molecule has 0 amide bonds. The van der Waals surface area contributed by atoms with E-state index in [9.17, 15) is 4.79 Å². The Labute approximate surface area is 298 Å². The van der Waals surface area contributed by atoms with Crippen LogP contribution in [-0.2, 0) is 19.0 Å². The Morgan fingerprint density at radius 1 is 1.08 bits per heavy atom. The highest BCUT2D eigenvalue weighted by atomic mass is 19.1. The zero-order valence-corrected chi connectivity index (χ0v) is 30.6. The molecule has 1 saturated heterocycles. The first-order valence-corrected chi connectivity index (χ1v) is 17.2. The number of rotatable bonds is 13. The summed E-state index contributed by atoms with van der Waals surface area (Å²) in [6.45, 7) is 20.6. The number of aromatic nitrogens is 3. The number of carbonyl (C=O) groups is 1. The van der Waals surface area contributed by atoms with Gasteiger partial charge in [0, 0.05) is 42.4 Å². The van der Waals surface area contributed by atoms with E-state index in [4.69, 9.17) is 29.0 Å². The van der Waals surface area contributed by atoms with Crippen molar-refractivity contribution in [1.82, 2.24) is 14.6 Å². The lowest BCUT2D eigenvalue weighted by Gasteiger charge is -2.41. The van der Waals surface area contributed by atoms with Crippen LogP contribution < -0.4 is 9.64 Å². The van der Waals surface area contributed by atoms with Crippen molar-refractivity contribution in [2.45, 2.75) is 84.2 Å². The van der Waals surface area contributed by atoms with Gasteiger partial charge in [-0.15, -0.1) is 13.2 Å². The molecule has 11 heteroatoms. The first-order valence-electron chi connectivity index (χ1n) is 17.2. The average molecular weight is 703 g/mol. The molecule has 1 fully saturated rings. The molecule has 9 nitrogen and oxygen atoms in total. The van der Waals surface area contributed by atoms with Gasteiger partial charge in [-0.05, 0) is 84.7 Å². The lowest BCUT2D eigenvalue weighted by molar-refractivity contribution is -0.164. The third-order valence-corrected chi connectivity index (χ3v) is 8.96. The molecule has 0 saturated carbocycles. The minimum Gasteiger partial charge on any atom is -0.490 e. The Kier molecular flexibility index (Phi) is 11.3. The molecule has 2 aromatic heterocycles. The van der Waals surface area contributed by atoms with Gasteiger partial charge in [-0.2, -0.15) is 9.61 Å². The molecule has 0 N–H and O–H groups in total. The molecule has 0 aliphatic carbocycles. The second kappa shape index (κ2) is 15.3. The Hall–Kier alpha value is -4.61. The van der Waals surface area contributed by atoms with Crippen LogP contribution in [0.1, 0.15) is 71.2 Å². The largest absolute Gasteiger partial charge is 0.490 e. The zero-order valence-electron chi connectivity index (χ0n) is 30.6. The standard InChI is InChI=1S/C40H48F2N4O5/c1-10-13-25(3)50-32-15-12-14-30(42)35(32)28-23-27(16-17-29(28)41)31-24-33-43-26(4)34(36(38(47)48-9)51-39(5,6)7)37(46(33)44-31)45-20-18-40(8,19-21-45)49-22-11-2/h10-12,14-17,23-25,36H,1-2,13,18-22H2,3-9H3/t25?,36-/m0/s1. The number of anilines is 1. The van der Waals surface area contributed by atoms with Crippen LogP contribution in [0.2, 0.25) is 0 Å². The molecule has 1 aliphatic rings. The molecule has 51 heavy (non-hydrogen) atoms. The summed E-state index contributed by atoms with van der Waals surface area (Å²) in [5.41, 5.74) is 1.63. The highest BCUT2D eigenvalue weighted by Crippen LogP contribution is 2.40. The highest BCUT2D eigenvalue weighted by Gasteiger charge is 2.38. The van der Waals surface area contributed by atoms with E-state index >= 15 is 8.78 Å². The lowest BCUT2D eigenvalue weighted by atomic mass is 9.92. The van der Waals surface area contributed by atoms with Crippen molar-refractivity contribution in [3.63, 3.8) is 0 Å². The molecule has 2 atom stereocenters. The van der Waals surface area contributed by atoms with Crippen LogP contribution in [0.25, 0.3) is 28.0 Å². The number of hydrogen-bond acceptors (Lipinski definition) is 8. The molecule has 272 valence electrons. The number of hydrogen-bond donors (Lipinski definition) is 0. The Morgan fingerprint density at radius 3 is 2.45 bits per heavy atom. The second-order valence-electron chi connectivity index (χ2n) is 14.2. The number of halogens is 2. The molecule has 0 bridgehead atoms. The van der Waals surface area contributed by atoms with Crippen molar-refractivity contribution < 1.29 is 32.5 Å². The summed E-state index contributed by atoms with van der Waals surface area (Å²) in [7, 11) is 1.33.